The number of nitrogens with zero attached hydrogens (tertiary/aromatic N) is 2. The second-order valence-corrected chi connectivity index (χ2v) is 3.46. The van der Waals surface area contributed by atoms with Crippen LogP contribution in [0.2, 0.25) is 0 Å². The lowest BCUT2D eigenvalue weighted by Crippen LogP contribution is -2.20. The van der Waals surface area contributed by atoms with Crippen molar-refractivity contribution in [3.8, 4) is 11.8 Å². The van der Waals surface area contributed by atoms with Crippen molar-refractivity contribution in [2.75, 3.05) is 5.32 Å². The molecule has 1 aromatic rings. The van der Waals surface area contributed by atoms with E-state index in [1.807, 2.05) is 0 Å². The zero-order valence-corrected chi connectivity index (χ0v) is 9.90. The topological polar surface area (TPSA) is 105 Å². The predicted octanol–water partition coefficient (Wildman–Crippen LogP) is 2.48. The zero-order chi connectivity index (χ0) is 16.2. The van der Waals surface area contributed by atoms with E-state index in [-0.39, 0.29) is 0 Å². The summed E-state index contributed by atoms with van der Waals surface area (Å²) >= 11 is 0. The van der Waals surface area contributed by atoms with E-state index in [1.165, 1.54) is 6.07 Å². The van der Waals surface area contributed by atoms with Gasteiger partial charge in [0.05, 0.1) is 16.7 Å². The Morgan fingerprint density at radius 3 is 2.57 bits per heavy atom. The maximum atomic E-state index is 13.7. The van der Waals surface area contributed by atoms with Crippen molar-refractivity contribution in [3.63, 3.8) is 0 Å². The minimum atomic E-state index is -5.33. The first kappa shape index (κ1) is 16.2. The summed E-state index contributed by atoms with van der Waals surface area (Å²) in [6, 6.07) is 2.64. The molecule has 112 valence electrons. The molecule has 0 spiro atoms. The van der Waals surface area contributed by atoms with Gasteiger partial charge >= 0.3 is 12.0 Å². The molecule has 1 aromatic carbocycles. The maximum Gasteiger partial charge on any atom is 0.573 e. The molecular weight excluding hydrogens is 302 g/mol. The lowest BCUT2D eigenvalue weighted by atomic mass is 10.2. The number of alkyl halides is 3. The summed E-state index contributed by atoms with van der Waals surface area (Å²) in [7, 11) is 0. The summed E-state index contributed by atoms with van der Waals surface area (Å²) in [5, 5.41) is 20.5. The van der Waals surface area contributed by atoms with Gasteiger partial charge in [-0.15, -0.1) is 13.2 Å². The van der Waals surface area contributed by atoms with Crippen LogP contribution in [0.25, 0.3) is 0 Å². The second-order valence-electron chi connectivity index (χ2n) is 3.46. The van der Waals surface area contributed by atoms with Gasteiger partial charge < -0.3 is 10.1 Å². The molecule has 0 saturated carbocycles. The molecule has 0 fully saturated rings. The van der Waals surface area contributed by atoms with E-state index in [0.29, 0.717) is 12.1 Å². The Morgan fingerprint density at radius 1 is 1.48 bits per heavy atom. The minimum Gasteiger partial charge on any atom is -0.400 e. The van der Waals surface area contributed by atoms with Crippen molar-refractivity contribution in [2.45, 2.75) is 12.8 Å². The summed E-state index contributed by atoms with van der Waals surface area (Å²) in [6.45, 7) is 0. The average Bonchev–Trinajstić information content (AvgIpc) is 2.32. The Kier molecular flexibility index (Phi) is 4.64. The monoisotopic (exact) mass is 307 g/mol. The van der Waals surface area contributed by atoms with E-state index in [0.717, 1.165) is 0 Å². The van der Waals surface area contributed by atoms with E-state index in [1.54, 1.807) is 5.32 Å². The van der Waals surface area contributed by atoms with Crippen molar-refractivity contribution in [2.24, 2.45) is 0 Å². The molecule has 1 amide bonds. The van der Waals surface area contributed by atoms with Crippen molar-refractivity contribution in [1.82, 2.24) is 0 Å². The highest BCUT2D eigenvalue weighted by molar-refractivity contribution is 5.93. The van der Waals surface area contributed by atoms with Crippen LogP contribution >= 0.6 is 0 Å². The number of hydrogen-bond donors (Lipinski definition) is 1. The fourth-order valence-electron chi connectivity index (χ4n) is 1.27. The SMILES string of the molecule is N#CCC(=O)Nc1ccc([N+](=O)[O-])c(F)c1OC(F)(F)F. The number of hydrogen-bond acceptors (Lipinski definition) is 5. The van der Waals surface area contributed by atoms with Crippen LogP contribution < -0.4 is 10.1 Å². The number of nitrogens with one attached hydrogen (secondary N) is 1. The van der Waals surface area contributed by atoms with Crippen LogP contribution in [0.4, 0.5) is 28.9 Å². The van der Waals surface area contributed by atoms with Gasteiger partial charge in [0.1, 0.15) is 6.42 Å². The first-order valence-electron chi connectivity index (χ1n) is 5.05. The number of amides is 1. The quantitative estimate of drug-likeness (QED) is 0.522. The molecule has 21 heavy (non-hydrogen) atoms. The molecule has 0 aliphatic rings. The number of halogens is 4. The van der Waals surface area contributed by atoms with E-state index < -0.39 is 46.6 Å². The maximum absolute atomic E-state index is 13.7. The Balaban J connectivity index is 3.30. The number of ether oxygens (including phenoxy) is 1. The third kappa shape index (κ3) is 4.30. The lowest BCUT2D eigenvalue weighted by molar-refractivity contribution is -0.387. The van der Waals surface area contributed by atoms with Gasteiger partial charge in [-0.3, -0.25) is 14.9 Å². The largest absolute Gasteiger partial charge is 0.573 e. The fraction of sp³-hybridized carbons (Fsp3) is 0.200. The number of anilines is 1. The smallest absolute Gasteiger partial charge is 0.400 e. The first-order valence-corrected chi connectivity index (χ1v) is 5.05. The van der Waals surface area contributed by atoms with Crippen LogP contribution in [-0.2, 0) is 4.79 Å². The predicted molar refractivity (Wildman–Crippen MR) is 58.6 cm³/mol. The molecule has 1 rings (SSSR count). The molecule has 1 N–H and O–H groups in total. The van der Waals surface area contributed by atoms with Crippen molar-refractivity contribution in [1.29, 1.82) is 5.26 Å². The molecule has 0 aromatic heterocycles. The Bertz CT molecular complexity index is 624. The second kappa shape index (κ2) is 6.04. The van der Waals surface area contributed by atoms with Gasteiger partial charge in [0.15, 0.2) is 5.75 Å². The molecule has 0 heterocycles. The molecule has 0 aliphatic carbocycles. The van der Waals surface area contributed by atoms with Gasteiger partial charge in [-0.05, 0) is 6.07 Å². The van der Waals surface area contributed by atoms with Gasteiger partial charge in [-0.2, -0.15) is 9.65 Å². The molecule has 0 aliphatic heterocycles. The number of rotatable bonds is 4. The standard InChI is InChI=1S/C10H5F4N3O4/c11-8-6(17(19)20)2-1-5(16-7(18)3-4-15)9(8)21-10(12,13)14/h1-2H,3H2,(H,16,18). The molecule has 0 unspecified atom stereocenters. The van der Waals surface area contributed by atoms with Crippen LogP contribution in [-0.4, -0.2) is 17.2 Å². The number of carbonyl (C=O) groups excluding carboxylic acids is 1. The number of carbonyl (C=O) groups is 1. The van der Waals surface area contributed by atoms with Crippen molar-refractivity contribution >= 4 is 17.3 Å². The number of benzene rings is 1. The van der Waals surface area contributed by atoms with Gasteiger partial charge in [-0.25, -0.2) is 0 Å². The van der Waals surface area contributed by atoms with Gasteiger partial charge in [0.25, 0.3) is 0 Å². The normalized spacial score (nSPS) is 10.6. The third-order valence-electron chi connectivity index (χ3n) is 2.00. The molecule has 0 saturated heterocycles. The Morgan fingerprint density at radius 2 is 2.10 bits per heavy atom. The Hall–Kier alpha value is -2.90. The summed E-state index contributed by atoms with van der Waals surface area (Å²) in [5.41, 5.74) is -2.04. The van der Waals surface area contributed by atoms with E-state index >= 15 is 0 Å². The zero-order valence-electron chi connectivity index (χ0n) is 9.90. The molecule has 7 nitrogen and oxygen atoms in total. The lowest BCUT2D eigenvalue weighted by Gasteiger charge is -2.14. The van der Waals surface area contributed by atoms with E-state index in [4.69, 9.17) is 5.26 Å². The third-order valence-corrected chi connectivity index (χ3v) is 2.00. The van der Waals surface area contributed by atoms with Crippen molar-refractivity contribution in [3.05, 3.63) is 28.1 Å². The molecular formula is C10H5F4N3O4. The van der Waals surface area contributed by atoms with Crippen molar-refractivity contribution < 1.29 is 32.0 Å². The number of nitro benzene ring substituents is 1. The summed E-state index contributed by atoms with van der Waals surface area (Å²) in [6.07, 6.45) is -6.03. The minimum absolute atomic E-state index is 0.556. The highest BCUT2D eigenvalue weighted by atomic mass is 19.4. The summed E-state index contributed by atoms with van der Waals surface area (Å²) in [4.78, 5) is 20.4. The molecule has 0 atom stereocenters. The Labute approximate surface area is 113 Å². The van der Waals surface area contributed by atoms with Gasteiger partial charge in [0, 0.05) is 6.07 Å². The molecule has 0 radical (unpaired) electrons. The van der Waals surface area contributed by atoms with Crippen LogP contribution in [0.15, 0.2) is 12.1 Å². The van der Waals surface area contributed by atoms with Crippen LogP contribution in [0.3, 0.4) is 0 Å². The van der Waals surface area contributed by atoms with Crippen LogP contribution in [0.5, 0.6) is 5.75 Å². The number of nitro groups is 1. The highest BCUT2D eigenvalue weighted by Crippen LogP contribution is 2.37. The van der Waals surface area contributed by atoms with Gasteiger partial charge in [0.2, 0.25) is 11.7 Å². The first-order chi connectivity index (χ1) is 9.65. The summed E-state index contributed by atoms with van der Waals surface area (Å²) in [5.74, 6) is -4.48. The van der Waals surface area contributed by atoms with E-state index in [9.17, 15) is 32.5 Å². The number of nitriles is 1. The molecule has 0 bridgehead atoms. The summed E-state index contributed by atoms with van der Waals surface area (Å²) < 4.78 is 53.6. The highest BCUT2D eigenvalue weighted by Gasteiger charge is 2.36. The van der Waals surface area contributed by atoms with E-state index in [2.05, 4.69) is 4.74 Å². The van der Waals surface area contributed by atoms with Gasteiger partial charge in [-0.1, -0.05) is 0 Å². The van der Waals surface area contributed by atoms with Crippen LogP contribution in [0.1, 0.15) is 6.42 Å². The van der Waals surface area contributed by atoms with Crippen LogP contribution in [0, 0.1) is 27.3 Å². The average molecular weight is 307 g/mol. The fourth-order valence-corrected chi connectivity index (χ4v) is 1.27. The molecule has 11 heteroatoms.